The molecule has 0 aliphatic carbocycles. The smallest absolute Gasteiger partial charge is 0.304 e. The predicted molar refractivity (Wildman–Crippen MR) is 67.1 cm³/mol. The standard InChI is InChI=1S/C13H15N3O2/c1-13(2,7-11(17)18)12-15-8-10(16-12)9-5-3-4-6-14-9/h3-6,8H,7H2,1-2H3,(H,15,16)(H,17,18). The second kappa shape index (κ2) is 4.60. The lowest BCUT2D eigenvalue weighted by molar-refractivity contribution is -0.138. The Kier molecular flexibility index (Phi) is 3.14. The van der Waals surface area contributed by atoms with E-state index in [1.54, 1.807) is 12.4 Å². The summed E-state index contributed by atoms with van der Waals surface area (Å²) in [6, 6.07) is 5.61. The molecule has 0 saturated carbocycles. The Bertz CT molecular complexity index is 546. The van der Waals surface area contributed by atoms with Crippen LogP contribution in [0, 0.1) is 0 Å². The molecule has 2 aromatic rings. The Labute approximate surface area is 105 Å². The lowest BCUT2D eigenvalue weighted by atomic mass is 9.88. The third-order valence-electron chi connectivity index (χ3n) is 2.75. The van der Waals surface area contributed by atoms with E-state index >= 15 is 0 Å². The van der Waals surface area contributed by atoms with Gasteiger partial charge in [-0.25, -0.2) is 4.98 Å². The largest absolute Gasteiger partial charge is 0.481 e. The number of hydrogen-bond donors (Lipinski definition) is 2. The molecule has 2 rings (SSSR count). The van der Waals surface area contributed by atoms with Crippen molar-refractivity contribution in [2.45, 2.75) is 25.7 Å². The number of aromatic amines is 1. The molecule has 94 valence electrons. The van der Waals surface area contributed by atoms with Crippen molar-refractivity contribution < 1.29 is 9.90 Å². The number of nitrogens with one attached hydrogen (secondary N) is 1. The number of aliphatic carboxylic acids is 1. The fourth-order valence-electron chi connectivity index (χ4n) is 1.78. The first-order valence-electron chi connectivity index (χ1n) is 5.68. The fraction of sp³-hybridized carbons (Fsp3) is 0.308. The van der Waals surface area contributed by atoms with E-state index in [0.717, 1.165) is 11.4 Å². The molecule has 0 atom stereocenters. The summed E-state index contributed by atoms with van der Waals surface area (Å²) in [5.41, 5.74) is 1.06. The van der Waals surface area contributed by atoms with Gasteiger partial charge in [-0.1, -0.05) is 19.9 Å². The predicted octanol–water partition coefficient (Wildman–Crippen LogP) is 2.22. The number of pyridine rings is 1. The summed E-state index contributed by atoms with van der Waals surface area (Å²) < 4.78 is 0. The fourth-order valence-corrected chi connectivity index (χ4v) is 1.78. The van der Waals surface area contributed by atoms with E-state index in [0.29, 0.717) is 5.82 Å². The highest BCUT2D eigenvalue weighted by Crippen LogP contribution is 2.26. The summed E-state index contributed by atoms with van der Waals surface area (Å²) >= 11 is 0. The second-order valence-electron chi connectivity index (χ2n) is 4.81. The topological polar surface area (TPSA) is 78.9 Å². The van der Waals surface area contributed by atoms with Gasteiger partial charge in [0.05, 0.1) is 24.0 Å². The molecule has 18 heavy (non-hydrogen) atoms. The normalized spacial score (nSPS) is 11.4. The van der Waals surface area contributed by atoms with Crippen molar-refractivity contribution in [3.05, 3.63) is 36.4 Å². The van der Waals surface area contributed by atoms with Crippen LogP contribution in [0.1, 0.15) is 26.1 Å². The van der Waals surface area contributed by atoms with Crippen LogP contribution in [-0.4, -0.2) is 26.0 Å². The summed E-state index contributed by atoms with van der Waals surface area (Å²) in [5.74, 6) is -0.179. The average molecular weight is 245 g/mol. The van der Waals surface area contributed by atoms with E-state index in [9.17, 15) is 4.79 Å². The molecule has 0 fully saturated rings. The van der Waals surface area contributed by atoms with E-state index in [-0.39, 0.29) is 6.42 Å². The van der Waals surface area contributed by atoms with Crippen LogP contribution < -0.4 is 0 Å². The van der Waals surface area contributed by atoms with Crippen LogP contribution in [-0.2, 0) is 10.2 Å². The van der Waals surface area contributed by atoms with Crippen LogP contribution in [0.2, 0.25) is 0 Å². The molecule has 0 amide bonds. The third-order valence-corrected chi connectivity index (χ3v) is 2.75. The zero-order valence-corrected chi connectivity index (χ0v) is 10.3. The molecule has 0 unspecified atom stereocenters. The lowest BCUT2D eigenvalue weighted by Crippen LogP contribution is -2.23. The van der Waals surface area contributed by atoms with Gasteiger partial charge in [0.15, 0.2) is 0 Å². The maximum absolute atomic E-state index is 10.8. The maximum Gasteiger partial charge on any atom is 0.304 e. The van der Waals surface area contributed by atoms with Crippen molar-refractivity contribution >= 4 is 5.97 Å². The Morgan fingerprint density at radius 2 is 2.17 bits per heavy atom. The summed E-state index contributed by atoms with van der Waals surface area (Å²) in [5, 5.41) is 8.88. The Morgan fingerprint density at radius 3 is 2.78 bits per heavy atom. The van der Waals surface area contributed by atoms with Gasteiger partial charge in [-0.3, -0.25) is 9.78 Å². The molecule has 2 aromatic heterocycles. The first kappa shape index (κ1) is 12.3. The minimum atomic E-state index is -0.837. The van der Waals surface area contributed by atoms with E-state index < -0.39 is 11.4 Å². The quantitative estimate of drug-likeness (QED) is 0.865. The van der Waals surface area contributed by atoms with Gasteiger partial charge in [0, 0.05) is 11.6 Å². The van der Waals surface area contributed by atoms with Crippen LogP contribution in [0.5, 0.6) is 0 Å². The third kappa shape index (κ3) is 2.56. The minimum Gasteiger partial charge on any atom is -0.481 e. The van der Waals surface area contributed by atoms with E-state index in [1.807, 2.05) is 32.0 Å². The number of imidazole rings is 1. The second-order valence-corrected chi connectivity index (χ2v) is 4.81. The molecule has 0 bridgehead atoms. The molecule has 0 aliphatic heterocycles. The molecular formula is C13H15N3O2. The maximum atomic E-state index is 10.8. The number of hydrogen-bond acceptors (Lipinski definition) is 3. The van der Waals surface area contributed by atoms with Crippen LogP contribution in [0.25, 0.3) is 11.4 Å². The van der Waals surface area contributed by atoms with Gasteiger partial charge in [-0.2, -0.15) is 0 Å². The number of H-pyrrole nitrogens is 1. The lowest BCUT2D eigenvalue weighted by Gasteiger charge is -2.19. The molecule has 0 aliphatic rings. The van der Waals surface area contributed by atoms with Gasteiger partial charge in [-0.15, -0.1) is 0 Å². The highest BCUT2D eigenvalue weighted by molar-refractivity contribution is 5.68. The number of carbonyl (C=O) groups is 1. The van der Waals surface area contributed by atoms with E-state index in [2.05, 4.69) is 15.0 Å². The summed E-state index contributed by atoms with van der Waals surface area (Å²) in [4.78, 5) is 22.4. The van der Waals surface area contributed by atoms with Gasteiger partial charge in [-0.05, 0) is 12.1 Å². The van der Waals surface area contributed by atoms with E-state index in [4.69, 9.17) is 5.11 Å². The monoisotopic (exact) mass is 245 g/mol. The molecule has 0 saturated heterocycles. The first-order chi connectivity index (χ1) is 8.49. The van der Waals surface area contributed by atoms with Gasteiger partial charge in [0.25, 0.3) is 0 Å². The SMILES string of the molecule is CC(C)(CC(=O)O)c1ncc(-c2ccccn2)[nH]1. The van der Waals surface area contributed by atoms with Crippen LogP contribution >= 0.6 is 0 Å². The Balaban J connectivity index is 2.28. The molecular weight excluding hydrogens is 230 g/mol. The number of aromatic nitrogens is 3. The number of carboxylic acids is 1. The molecule has 2 N–H and O–H groups in total. The van der Waals surface area contributed by atoms with Gasteiger partial charge in [0.2, 0.25) is 0 Å². The van der Waals surface area contributed by atoms with Crippen molar-refractivity contribution in [1.82, 2.24) is 15.0 Å². The molecule has 5 nitrogen and oxygen atoms in total. The number of nitrogens with zero attached hydrogens (tertiary/aromatic N) is 2. The van der Waals surface area contributed by atoms with Crippen molar-refractivity contribution in [2.24, 2.45) is 0 Å². The Morgan fingerprint density at radius 1 is 1.39 bits per heavy atom. The molecule has 0 spiro atoms. The van der Waals surface area contributed by atoms with Crippen LogP contribution in [0.15, 0.2) is 30.6 Å². The van der Waals surface area contributed by atoms with Gasteiger partial charge in [0.1, 0.15) is 5.82 Å². The minimum absolute atomic E-state index is 0.0299. The number of carboxylic acid groups (broad SMARTS) is 1. The summed E-state index contributed by atoms with van der Waals surface area (Å²) in [6.45, 7) is 3.70. The summed E-state index contributed by atoms with van der Waals surface area (Å²) in [6.07, 6.45) is 3.42. The van der Waals surface area contributed by atoms with Crippen LogP contribution in [0.4, 0.5) is 0 Å². The molecule has 2 heterocycles. The molecule has 5 heteroatoms. The highest BCUT2D eigenvalue weighted by Gasteiger charge is 2.27. The van der Waals surface area contributed by atoms with Crippen molar-refractivity contribution in [1.29, 1.82) is 0 Å². The van der Waals surface area contributed by atoms with Gasteiger partial charge < -0.3 is 10.1 Å². The van der Waals surface area contributed by atoms with Crippen molar-refractivity contribution in [2.75, 3.05) is 0 Å². The van der Waals surface area contributed by atoms with E-state index in [1.165, 1.54) is 0 Å². The zero-order chi connectivity index (χ0) is 13.2. The zero-order valence-electron chi connectivity index (χ0n) is 10.3. The van der Waals surface area contributed by atoms with Crippen LogP contribution in [0.3, 0.4) is 0 Å². The first-order valence-corrected chi connectivity index (χ1v) is 5.68. The number of rotatable bonds is 4. The molecule has 0 radical (unpaired) electrons. The molecule has 0 aromatic carbocycles. The Hall–Kier alpha value is -2.17. The average Bonchev–Trinajstić information content (AvgIpc) is 2.78. The highest BCUT2D eigenvalue weighted by atomic mass is 16.4. The van der Waals surface area contributed by atoms with Crippen molar-refractivity contribution in [3.8, 4) is 11.4 Å². The summed E-state index contributed by atoms with van der Waals surface area (Å²) in [7, 11) is 0. The van der Waals surface area contributed by atoms with Crippen molar-refractivity contribution in [3.63, 3.8) is 0 Å². The van der Waals surface area contributed by atoms with Gasteiger partial charge >= 0.3 is 5.97 Å².